The molecule has 24 heavy (non-hydrogen) atoms. The Balaban J connectivity index is 1.54. The molecule has 1 amide bonds. The van der Waals surface area contributed by atoms with Crippen LogP contribution in [0.1, 0.15) is 42.1 Å². The molecule has 2 N–H and O–H groups in total. The molecule has 0 aliphatic carbocycles. The lowest BCUT2D eigenvalue weighted by Gasteiger charge is -2.19. The summed E-state index contributed by atoms with van der Waals surface area (Å²) < 4.78 is 0. The number of likely N-dealkylation sites (tertiary alicyclic amines) is 1. The zero-order chi connectivity index (χ0) is 16.9. The average Bonchev–Trinajstić information content (AvgIpc) is 2.79. The highest BCUT2D eigenvalue weighted by Crippen LogP contribution is 2.27. The predicted molar refractivity (Wildman–Crippen MR) is 96.2 cm³/mol. The molecule has 128 valence electrons. The van der Waals surface area contributed by atoms with Gasteiger partial charge in [0.2, 0.25) is 5.91 Å². The SMILES string of the molecule is Cc1n[nH]c(C)c1NC(=O)CN1CCC[C@@H](c2ccccc2)CC1. The van der Waals surface area contributed by atoms with Crippen LogP contribution in [0.25, 0.3) is 0 Å². The Bertz CT molecular complexity index is 660. The summed E-state index contributed by atoms with van der Waals surface area (Å²) in [5.41, 5.74) is 3.98. The van der Waals surface area contributed by atoms with Gasteiger partial charge < -0.3 is 5.32 Å². The van der Waals surface area contributed by atoms with Gasteiger partial charge in [-0.1, -0.05) is 30.3 Å². The highest BCUT2D eigenvalue weighted by atomic mass is 16.2. The van der Waals surface area contributed by atoms with Gasteiger partial charge in [-0.05, 0) is 57.7 Å². The number of aromatic amines is 1. The number of amides is 1. The molecule has 1 atom stereocenters. The summed E-state index contributed by atoms with van der Waals surface area (Å²) >= 11 is 0. The van der Waals surface area contributed by atoms with Gasteiger partial charge >= 0.3 is 0 Å². The van der Waals surface area contributed by atoms with E-state index in [1.54, 1.807) is 0 Å². The molecule has 0 spiro atoms. The van der Waals surface area contributed by atoms with Gasteiger partial charge in [-0.15, -0.1) is 0 Å². The fourth-order valence-corrected chi connectivity index (χ4v) is 3.49. The van der Waals surface area contributed by atoms with Gasteiger partial charge in [0, 0.05) is 0 Å². The first-order chi connectivity index (χ1) is 11.6. The van der Waals surface area contributed by atoms with Crippen molar-refractivity contribution in [3.8, 4) is 0 Å². The molecule has 0 radical (unpaired) electrons. The Kier molecular flexibility index (Phi) is 5.30. The number of carbonyl (C=O) groups excluding carboxylic acids is 1. The number of rotatable bonds is 4. The minimum atomic E-state index is 0.0424. The smallest absolute Gasteiger partial charge is 0.238 e. The summed E-state index contributed by atoms with van der Waals surface area (Å²) in [5.74, 6) is 0.651. The number of hydrogen-bond acceptors (Lipinski definition) is 3. The quantitative estimate of drug-likeness (QED) is 0.907. The van der Waals surface area contributed by atoms with Crippen molar-refractivity contribution in [3.05, 3.63) is 47.3 Å². The third-order valence-corrected chi connectivity index (χ3v) is 4.85. The molecule has 0 saturated carbocycles. The van der Waals surface area contributed by atoms with E-state index in [0.717, 1.165) is 43.0 Å². The maximum atomic E-state index is 12.4. The second-order valence-corrected chi connectivity index (χ2v) is 6.67. The van der Waals surface area contributed by atoms with Crippen molar-refractivity contribution in [1.82, 2.24) is 15.1 Å². The van der Waals surface area contributed by atoms with Crippen molar-refractivity contribution in [2.24, 2.45) is 0 Å². The van der Waals surface area contributed by atoms with Crippen LogP contribution in [0.15, 0.2) is 30.3 Å². The number of anilines is 1. The number of aryl methyl sites for hydroxylation is 2. The third-order valence-electron chi connectivity index (χ3n) is 4.85. The van der Waals surface area contributed by atoms with Gasteiger partial charge in [0.05, 0.1) is 23.6 Å². The highest BCUT2D eigenvalue weighted by Gasteiger charge is 2.20. The Labute approximate surface area is 143 Å². The molecule has 1 fully saturated rings. The fourth-order valence-electron chi connectivity index (χ4n) is 3.49. The molecule has 1 aliphatic heterocycles. The second kappa shape index (κ2) is 7.62. The molecule has 2 aromatic rings. The van der Waals surface area contributed by atoms with Gasteiger partial charge in [-0.2, -0.15) is 5.10 Å². The predicted octanol–water partition coefficient (Wildman–Crippen LogP) is 3.23. The van der Waals surface area contributed by atoms with E-state index in [4.69, 9.17) is 0 Å². The Morgan fingerprint density at radius 3 is 2.75 bits per heavy atom. The minimum absolute atomic E-state index is 0.0424. The normalized spacial score (nSPS) is 19.0. The van der Waals surface area contributed by atoms with Crippen molar-refractivity contribution in [2.45, 2.75) is 39.0 Å². The first-order valence-electron chi connectivity index (χ1n) is 8.72. The maximum Gasteiger partial charge on any atom is 0.238 e. The lowest BCUT2D eigenvalue weighted by atomic mass is 9.92. The molecule has 1 aromatic heterocycles. The van der Waals surface area contributed by atoms with Gasteiger partial charge in [0.25, 0.3) is 0 Å². The summed E-state index contributed by atoms with van der Waals surface area (Å²) in [4.78, 5) is 14.6. The van der Waals surface area contributed by atoms with E-state index in [2.05, 4.69) is 50.7 Å². The number of aromatic nitrogens is 2. The molecule has 3 rings (SSSR count). The maximum absolute atomic E-state index is 12.4. The van der Waals surface area contributed by atoms with Gasteiger partial charge in [-0.3, -0.25) is 14.8 Å². The number of nitrogens with one attached hydrogen (secondary N) is 2. The zero-order valence-corrected chi connectivity index (χ0v) is 14.5. The highest BCUT2D eigenvalue weighted by molar-refractivity contribution is 5.93. The van der Waals surface area contributed by atoms with E-state index in [1.165, 1.54) is 12.0 Å². The topological polar surface area (TPSA) is 61.0 Å². The van der Waals surface area contributed by atoms with Gasteiger partial charge in [0.15, 0.2) is 0 Å². The number of hydrogen-bond donors (Lipinski definition) is 2. The van der Waals surface area contributed by atoms with Crippen molar-refractivity contribution in [3.63, 3.8) is 0 Å². The summed E-state index contributed by atoms with van der Waals surface area (Å²) in [5, 5.41) is 10.0. The minimum Gasteiger partial charge on any atom is -0.322 e. The molecular formula is C19H26N4O. The Morgan fingerprint density at radius 1 is 1.25 bits per heavy atom. The van der Waals surface area contributed by atoms with Crippen molar-refractivity contribution < 1.29 is 4.79 Å². The van der Waals surface area contributed by atoms with Crippen LogP contribution < -0.4 is 5.32 Å². The number of H-pyrrole nitrogens is 1. The Morgan fingerprint density at radius 2 is 2.04 bits per heavy atom. The van der Waals surface area contributed by atoms with Crippen LogP contribution in [0.4, 0.5) is 5.69 Å². The second-order valence-electron chi connectivity index (χ2n) is 6.67. The summed E-state index contributed by atoms with van der Waals surface area (Å²) in [6.45, 7) is 6.23. The molecule has 1 aliphatic rings. The van der Waals surface area contributed by atoms with E-state index in [0.29, 0.717) is 12.5 Å². The van der Waals surface area contributed by atoms with Crippen LogP contribution in [0, 0.1) is 13.8 Å². The van der Waals surface area contributed by atoms with Gasteiger partial charge in [0.1, 0.15) is 0 Å². The van der Waals surface area contributed by atoms with Crippen molar-refractivity contribution in [1.29, 1.82) is 0 Å². The van der Waals surface area contributed by atoms with E-state index < -0.39 is 0 Å². The summed E-state index contributed by atoms with van der Waals surface area (Å²) in [6, 6.07) is 10.7. The summed E-state index contributed by atoms with van der Waals surface area (Å²) in [6.07, 6.45) is 3.44. The third kappa shape index (κ3) is 4.03. The lowest BCUT2D eigenvalue weighted by Crippen LogP contribution is -2.34. The first kappa shape index (κ1) is 16.7. The van der Waals surface area contributed by atoms with Crippen LogP contribution in [0.5, 0.6) is 0 Å². The fraction of sp³-hybridized carbons (Fsp3) is 0.474. The zero-order valence-electron chi connectivity index (χ0n) is 14.5. The number of carbonyl (C=O) groups is 1. The molecular weight excluding hydrogens is 300 g/mol. The molecule has 1 saturated heterocycles. The molecule has 5 nitrogen and oxygen atoms in total. The van der Waals surface area contributed by atoms with E-state index in [-0.39, 0.29) is 5.91 Å². The first-order valence-corrected chi connectivity index (χ1v) is 8.72. The Hall–Kier alpha value is -2.14. The molecule has 0 unspecified atom stereocenters. The average molecular weight is 326 g/mol. The van der Waals surface area contributed by atoms with Crippen LogP contribution in [-0.4, -0.2) is 40.6 Å². The summed E-state index contributed by atoms with van der Waals surface area (Å²) in [7, 11) is 0. The standard InChI is InChI=1S/C19H26N4O/c1-14-19(15(2)22-21-14)20-18(24)13-23-11-6-9-17(10-12-23)16-7-4-3-5-8-16/h3-5,7-8,17H,6,9-13H2,1-2H3,(H,20,24)(H,21,22)/t17-/m1/s1. The monoisotopic (exact) mass is 326 g/mol. The number of nitrogens with zero attached hydrogens (tertiary/aromatic N) is 2. The molecule has 5 heteroatoms. The lowest BCUT2D eigenvalue weighted by molar-refractivity contribution is -0.117. The molecule has 1 aromatic carbocycles. The van der Waals surface area contributed by atoms with Crippen LogP contribution >= 0.6 is 0 Å². The van der Waals surface area contributed by atoms with Crippen LogP contribution in [-0.2, 0) is 4.79 Å². The van der Waals surface area contributed by atoms with Crippen LogP contribution in [0.3, 0.4) is 0 Å². The largest absolute Gasteiger partial charge is 0.322 e. The van der Waals surface area contributed by atoms with Gasteiger partial charge in [-0.25, -0.2) is 0 Å². The number of benzene rings is 1. The van der Waals surface area contributed by atoms with Crippen molar-refractivity contribution in [2.75, 3.05) is 25.0 Å². The molecule has 0 bridgehead atoms. The van der Waals surface area contributed by atoms with E-state index in [9.17, 15) is 4.79 Å². The van der Waals surface area contributed by atoms with Crippen LogP contribution in [0.2, 0.25) is 0 Å². The van der Waals surface area contributed by atoms with E-state index in [1.807, 2.05) is 13.8 Å². The van der Waals surface area contributed by atoms with E-state index >= 15 is 0 Å². The molecule has 2 heterocycles. The van der Waals surface area contributed by atoms with Crippen molar-refractivity contribution >= 4 is 11.6 Å².